The van der Waals surface area contributed by atoms with Gasteiger partial charge >= 0.3 is 0 Å². The van der Waals surface area contributed by atoms with Crippen LogP contribution in [0.1, 0.15) is 69.9 Å². The Hall–Kier alpha value is -3.20. The molecular weight excluding hydrogens is 899 g/mol. The number of sulfone groups is 2. The Labute approximate surface area is 365 Å². The Morgan fingerprint density at radius 3 is 1.45 bits per heavy atom. The summed E-state index contributed by atoms with van der Waals surface area (Å²) in [6.07, 6.45) is 14.9. The van der Waals surface area contributed by atoms with E-state index in [0.29, 0.717) is 25.5 Å². The fourth-order valence-electron chi connectivity index (χ4n) is 7.48. The highest BCUT2D eigenvalue weighted by molar-refractivity contribution is 14.1. The molecule has 0 atom stereocenters. The summed E-state index contributed by atoms with van der Waals surface area (Å²) >= 11 is 7.93. The molecular formula is C46H60ClIN4O4S2. The average molecular weight is 960 g/mol. The van der Waals surface area contributed by atoms with Crippen molar-refractivity contribution in [3.05, 3.63) is 121 Å². The van der Waals surface area contributed by atoms with Gasteiger partial charge in [-0.15, -0.1) is 11.6 Å². The average Bonchev–Trinajstić information content (AvgIpc) is 3.93. The number of fused-ring (bicyclic) bond motifs is 2. The number of aryl methyl sites for hydroxylation is 2. The second kappa shape index (κ2) is 24.2. The van der Waals surface area contributed by atoms with E-state index < -0.39 is 19.7 Å². The first-order chi connectivity index (χ1) is 27.8. The predicted molar refractivity (Wildman–Crippen MR) is 251 cm³/mol. The van der Waals surface area contributed by atoms with E-state index in [0.717, 1.165) is 65.2 Å². The van der Waals surface area contributed by atoms with Crippen LogP contribution in [0.5, 0.6) is 0 Å². The zero-order valence-corrected chi connectivity index (χ0v) is 37.4. The fraction of sp³-hybridized carbons (Fsp3) is 0.391. The summed E-state index contributed by atoms with van der Waals surface area (Å²) in [6, 6.07) is 29.0. The van der Waals surface area contributed by atoms with Crippen LogP contribution < -0.4 is 5.32 Å². The van der Waals surface area contributed by atoms with E-state index >= 15 is 0 Å². The molecule has 0 spiro atoms. The van der Waals surface area contributed by atoms with Crippen molar-refractivity contribution in [3.8, 4) is 0 Å². The molecule has 0 saturated carbocycles. The molecule has 12 heteroatoms. The minimum atomic E-state index is -3.53. The number of alkyl halides is 2. The van der Waals surface area contributed by atoms with Crippen molar-refractivity contribution >= 4 is 75.7 Å². The molecule has 2 aliphatic rings. The number of benzene rings is 4. The largest absolute Gasteiger partial charge is 0.360 e. The smallest absolute Gasteiger partial charge is 0.208 e. The molecule has 6 aromatic rings. The number of nitrogens with one attached hydrogen (secondary N) is 3. The number of piperidine rings is 2. The van der Waals surface area contributed by atoms with Gasteiger partial charge in [0.2, 0.25) is 19.7 Å². The SMILES string of the molecule is C.C1CCNCC1.CI.O=S(=O)(c1ccccc1)c1c[nH]c2cccc(CCCCl)c12.O=S(=O)(c1ccccc1)c1c[nH]c2cccc(CCCN3CCCCC3)c12. The molecule has 0 aliphatic carbocycles. The molecule has 8 rings (SSSR count). The summed E-state index contributed by atoms with van der Waals surface area (Å²) < 4.78 is 52.1. The summed E-state index contributed by atoms with van der Waals surface area (Å²) in [5.74, 6) is 0.557. The van der Waals surface area contributed by atoms with Gasteiger partial charge < -0.3 is 20.2 Å². The van der Waals surface area contributed by atoms with Gasteiger partial charge in [-0.1, -0.05) is 104 Å². The maximum atomic E-state index is 13.2. The monoisotopic (exact) mass is 958 g/mol. The van der Waals surface area contributed by atoms with Gasteiger partial charge in [0.1, 0.15) is 0 Å². The van der Waals surface area contributed by atoms with Gasteiger partial charge in [0, 0.05) is 40.1 Å². The van der Waals surface area contributed by atoms with Crippen LogP contribution in [0.3, 0.4) is 0 Å². The molecule has 2 aliphatic heterocycles. The van der Waals surface area contributed by atoms with E-state index in [9.17, 15) is 16.8 Å². The highest BCUT2D eigenvalue weighted by atomic mass is 127. The summed E-state index contributed by atoms with van der Waals surface area (Å²) in [5.41, 5.74) is 3.84. The molecule has 2 fully saturated rings. The van der Waals surface area contributed by atoms with Crippen molar-refractivity contribution in [2.24, 2.45) is 0 Å². The second-order valence-electron chi connectivity index (χ2n) is 14.2. The lowest BCUT2D eigenvalue weighted by molar-refractivity contribution is 0.226. The van der Waals surface area contributed by atoms with Crippen molar-refractivity contribution in [2.75, 3.05) is 43.5 Å². The van der Waals surface area contributed by atoms with Crippen molar-refractivity contribution < 1.29 is 16.8 Å². The van der Waals surface area contributed by atoms with Crippen molar-refractivity contribution in [1.29, 1.82) is 0 Å². The van der Waals surface area contributed by atoms with Gasteiger partial charge in [-0.2, -0.15) is 0 Å². The summed E-state index contributed by atoms with van der Waals surface area (Å²) in [7, 11) is -7.07. The molecule has 2 saturated heterocycles. The van der Waals surface area contributed by atoms with Crippen LogP contribution in [-0.2, 0) is 32.5 Å². The third-order valence-electron chi connectivity index (χ3n) is 10.4. The predicted octanol–water partition coefficient (Wildman–Crippen LogP) is 11.0. The summed E-state index contributed by atoms with van der Waals surface area (Å²) in [6.45, 7) is 5.98. The zero-order valence-electron chi connectivity index (χ0n) is 32.9. The van der Waals surface area contributed by atoms with Crippen LogP contribution in [0.2, 0.25) is 0 Å². The van der Waals surface area contributed by atoms with Crippen LogP contribution in [0.15, 0.2) is 129 Å². The van der Waals surface area contributed by atoms with Crippen LogP contribution >= 0.6 is 34.2 Å². The number of nitrogens with zero attached hydrogens (tertiary/aromatic N) is 1. The normalized spacial score (nSPS) is 14.5. The first-order valence-electron chi connectivity index (χ1n) is 20.0. The van der Waals surface area contributed by atoms with Gasteiger partial charge in [0.05, 0.1) is 19.6 Å². The van der Waals surface area contributed by atoms with E-state index in [2.05, 4.69) is 48.8 Å². The number of aromatic amines is 2. The number of H-pyrrole nitrogens is 2. The number of likely N-dealkylation sites (tertiary alicyclic amines) is 1. The maximum absolute atomic E-state index is 13.2. The molecule has 0 radical (unpaired) electrons. The quantitative estimate of drug-likeness (QED) is 0.0880. The highest BCUT2D eigenvalue weighted by Gasteiger charge is 2.24. The molecule has 2 aromatic heterocycles. The van der Waals surface area contributed by atoms with Gasteiger partial charge in [0.15, 0.2) is 0 Å². The Balaban J connectivity index is 0.000000216. The molecule has 0 unspecified atom stereocenters. The Kier molecular flexibility index (Phi) is 19.8. The lowest BCUT2D eigenvalue weighted by Crippen LogP contribution is -2.30. The Morgan fingerprint density at radius 2 is 1.03 bits per heavy atom. The highest BCUT2D eigenvalue weighted by Crippen LogP contribution is 2.33. The van der Waals surface area contributed by atoms with E-state index in [1.54, 1.807) is 67.0 Å². The molecule has 4 aromatic carbocycles. The van der Waals surface area contributed by atoms with Gasteiger partial charge in [-0.25, -0.2) is 16.8 Å². The minimum Gasteiger partial charge on any atom is -0.360 e. The molecule has 314 valence electrons. The zero-order chi connectivity index (χ0) is 40.5. The summed E-state index contributed by atoms with van der Waals surface area (Å²) in [4.78, 5) is 12.1. The van der Waals surface area contributed by atoms with E-state index in [-0.39, 0.29) is 7.43 Å². The number of hydrogen-bond donors (Lipinski definition) is 3. The second-order valence-corrected chi connectivity index (χ2v) is 18.4. The minimum absolute atomic E-state index is 0. The van der Waals surface area contributed by atoms with Crippen molar-refractivity contribution in [2.45, 2.75) is 91.2 Å². The van der Waals surface area contributed by atoms with E-state index in [1.165, 1.54) is 64.7 Å². The first kappa shape index (κ1) is 47.5. The molecule has 0 bridgehead atoms. The number of aromatic nitrogens is 2. The lowest BCUT2D eigenvalue weighted by atomic mass is 10.0. The standard InChI is InChI=1S/C22H26N2O2S.C17H16ClNO2S.C5H11N.CH3I.CH4/c25-27(26,19-11-3-1-4-12-19)21-17-23-20-13-7-9-18(22(20)21)10-8-16-24-14-5-2-6-15-24;18-11-5-7-13-6-4-10-15-17(13)16(12-19-15)22(20,21)14-8-2-1-3-9-14;1-2-4-6-5-3-1;1-2;/h1,3-4,7,9,11-13,17,23H,2,5-6,8,10,14-16H2;1-4,6,8-10,12,19H,5,7,11H2;6H,1-5H2;1H3;1H4. The van der Waals surface area contributed by atoms with Gasteiger partial charge in [-0.05, 0) is 137 Å². The molecule has 58 heavy (non-hydrogen) atoms. The van der Waals surface area contributed by atoms with Crippen LogP contribution in [0, 0.1) is 0 Å². The first-order valence-corrected chi connectivity index (χ1v) is 25.6. The topological polar surface area (TPSA) is 115 Å². The van der Waals surface area contributed by atoms with Crippen LogP contribution in [0.25, 0.3) is 21.8 Å². The van der Waals surface area contributed by atoms with Gasteiger partial charge in [-0.3, -0.25) is 0 Å². The van der Waals surface area contributed by atoms with Crippen molar-refractivity contribution in [3.63, 3.8) is 0 Å². The Morgan fingerprint density at radius 1 is 0.586 bits per heavy atom. The fourth-order valence-corrected chi connectivity index (χ4v) is 10.6. The lowest BCUT2D eigenvalue weighted by Gasteiger charge is -2.26. The number of hydrogen-bond acceptors (Lipinski definition) is 6. The van der Waals surface area contributed by atoms with Crippen molar-refractivity contribution in [1.82, 2.24) is 20.2 Å². The molecule has 4 heterocycles. The molecule has 0 amide bonds. The summed E-state index contributed by atoms with van der Waals surface area (Å²) in [5, 5.41) is 4.91. The maximum Gasteiger partial charge on any atom is 0.208 e. The Bertz CT molecular complexity index is 2310. The van der Waals surface area contributed by atoms with E-state index in [1.807, 2.05) is 41.3 Å². The molecule has 3 N–H and O–H groups in total. The number of rotatable bonds is 11. The van der Waals surface area contributed by atoms with Crippen LogP contribution in [0.4, 0.5) is 0 Å². The van der Waals surface area contributed by atoms with Gasteiger partial charge in [0.25, 0.3) is 0 Å². The number of halogens is 2. The third-order valence-corrected chi connectivity index (χ3v) is 14.2. The third kappa shape index (κ3) is 12.4. The van der Waals surface area contributed by atoms with Crippen LogP contribution in [-0.4, -0.2) is 75.2 Å². The van der Waals surface area contributed by atoms with E-state index in [4.69, 9.17) is 11.6 Å². The molecule has 8 nitrogen and oxygen atoms in total.